The van der Waals surface area contributed by atoms with Gasteiger partial charge in [0.2, 0.25) is 5.91 Å². The third kappa shape index (κ3) is 4.12. The number of aryl methyl sites for hydroxylation is 1. The van der Waals surface area contributed by atoms with E-state index in [1.165, 1.54) is 0 Å². The maximum absolute atomic E-state index is 12.3. The van der Waals surface area contributed by atoms with E-state index < -0.39 is 0 Å². The minimum atomic E-state index is -0.368. The smallest absolute Gasteiger partial charge is 0.229 e. The second-order valence-electron chi connectivity index (χ2n) is 7.15. The number of anilines is 2. The van der Waals surface area contributed by atoms with Crippen LogP contribution in [0.2, 0.25) is 0 Å². The van der Waals surface area contributed by atoms with E-state index in [9.17, 15) is 4.79 Å². The number of carbonyl (C=O) groups excluding carboxylic acids is 1. The number of benzene rings is 1. The molecule has 2 aliphatic rings. The highest BCUT2D eigenvalue weighted by Crippen LogP contribution is 2.33. The number of rotatable bonds is 4. The maximum atomic E-state index is 12.3. The molecule has 4 rings (SSSR count). The first kappa shape index (κ1) is 17.9. The zero-order valence-electron chi connectivity index (χ0n) is 15.6. The van der Waals surface area contributed by atoms with Gasteiger partial charge in [0.15, 0.2) is 5.79 Å². The molecule has 1 aromatic heterocycles. The summed E-state index contributed by atoms with van der Waals surface area (Å²) in [5, 5.41) is 2.88. The van der Waals surface area contributed by atoms with Crippen LogP contribution in [-0.2, 0) is 20.7 Å². The number of ether oxygens (including phenoxy) is 2. The van der Waals surface area contributed by atoms with Crippen LogP contribution >= 0.6 is 0 Å². The number of hydrogen-bond acceptors (Lipinski definition) is 5. The number of nitrogens with zero attached hydrogens (tertiary/aromatic N) is 2. The van der Waals surface area contributed by atoms with Gasteiger partial charge in [0.25, 0.3) is 0 Å². The van der Waals surface area contributed by atoms with Crippen molar-refractivity contribution >= 4 is 17.4 Å². The van der Waals surface area contributed by atoms with Crippen molar-refractivity contribution in [3.05, 3.63) is 53.7 Å². The van der Waals surface area contributed by atoms with Gasteiger partial charge in [-0.25, -0.2) is 4.98 Å². The van der Waals surface area contributed by atoms with Gasteiger partial charge in [-0.1, -0.05) is 24.3 Å². The standard InChI is InChI=1S/C21H25N3O3/c1-16-4-2-3-5-17(16)14-20(25)23-19-7-6-18(15-22-19)24-10-8-21(9-11-24)26-12-13-27-21/h2-7,15H,8-14H2,1H3,(H,22,23,25). The van der Waals surface area contributed by atoms with Crippen LogP contribution in [0, 0.1) is 6.92 Å². The topological polar surface area (TPSA) is 63.7 Å². The summed E-state index contributed by atoms with van der Waals surface area (Å²) in [6.07, 6.45) is 3.89. The third-order valence-electron chi connectivity index (χ3n) is 5.33. The van der Waals surface area contributed by atoms with Gasteiger partial charge in [0.05, 0.1) is 31.5 Å². The SMILES string of the molecule is Cc1ccccc1CC(=O)Nc1ccc(N2CCC3(CC2)OCCO3)cn1. The Morgan fingerprint density at radius 2 is 1.89 bits per heavy atom. The summed E-state index contributed by atoms with van der Waals surface area (Å²) in [5.41, 5.74) is 3.21. The first-order valence-corrected chi connectivity index (χ1v) is 9.47. The predicted molar refractivity (Wildman–Crippen MR) is 104 cm³/mol. The fraction of sp³-hybridized carbons (Fsp3) is 0.429. The Bertz CT molecular complexity index is 791. The summed E-state index contributed by atoms with van der Waals surface area (Å²) < 4.78 is 11.5. The Morgan fingerprint density at radius 1 is 1.15 bits per heavy atom. The van der Waals surface area contributed by atoms with Crippen LogP contribution in [-0.4, -0.2) is 43.0 Å². The van der Waals surface area contributed by atoms with E-state index in [2.05, 4.69) is 15.2 Å². The molecular weight excluding hydrogens is 342 g/mol. The van der Waals surface area contributed by atoms with Crippen LogP contribution in [0.5, 0.6) is 0 Å². The molecule has 3 heterocycles. The van der Waals surface area contributed by atoms with E-state index in [-0.39, 0.29) is 11.7 Å². The Kier molecular flexibility index (Phi) is 5.09. The number of piperidine rings is 1. The lowest BCUT2D eigenvalue weighted by Crippen LogP contribution is -2.45. The molecule has 1 spiro atoms. The van der Waals surface area contributed by atoms with Gasteiger partial charge in [-0.05, 0) is 30.2 Å². The third-order valence-corrected chi connectivity index (χ3v) is 5.33. The lowest BCUT2D eigenvalue weighted by Gasteiger charge is -2.38. The van der Waals surface area contributed by atoms with Gasteiger partial charge in [-0.3, -0.25) is 4.79 Å². The summed E-state index contributed by atoms with van der Waals surface area (Å²) in [6, 6.07) is 11.8. The largest absolute Gasteiger partial charge is 0.370 e. The first-order chi connectivity index (χ1) is 13.1. The maximum Gasteiger partial charge on any atom is 0.229 e. The van der Waals surface area contributed by atoms with Gasteiger partial charge < -0.3 is 19.7 Å². The molecule has 0 saturated carbocycles. The van der Waals surface area contributed by atoms with Crippen molar-refractivity contribution in [3.63, 3.8) is 0 Å². The molecule has 0 radical (unpaired) electrons. The van der Waals surface area contributed by atoms with Crippen molar-refractivity contribution in [3.8, 4) is 0 Å². The molecule has 0 atom stereocenters. The number of amides is 1. The molecule has 1 N–H and O–H groups in total. The van der Waals surface area contributed by atoms with Crippen molar-refractivity contribution < 1.29 is 14.3 Å². The molecule has 0 aliphatic carbocycles. The molecule has 1 aromatic carbocycles. The zero-order valence-corrected chi connectivity index (χ0v) is 15.6. The number of carbonyl (C=O) groups is 1. The second kappa shape index (κ2) is 7.66. The van der Waals surface area contributed by atoms with Crippen LogP contribution < -0.4 is 10.2 Å². The van der Waals surface area contributed by atoms with E-state index in [0.717, 1.165) is 42.7 Å². The first-order valence-electron chi connectivity index (χ1n) is 9.47. The Morgan fingerprint density at radius 3 is 2.56 bits per heavy atom. The van der Waals surface area contributed by atoms with Crippen molar-refractivity contribution in [2.24, 2.45) is 0 Å². The Labute approximate surface area is 159 Å². The number of pyridine rings is 1. The van der Waals surface area contributed by atoms with E-state index >= 15 is 0 Å². The predicted octanol–water partition coefficient (Wildman–Crippen LogP) is 2.91. The fourth-order valence-electron chi connectivity index (χ4n) is 3.71. The number of aromatic nitrogens is 1. The monoisotopic (exact) mass is 367 g/mol. The van der Waals surface area contributed by atoms with Crippen molar-refractivity contribution in [1.29, 1.82) is 0 Å². The molecule has 6 nitrogen and oxygen atoms in total. The molecule has 1 amide bonds. The van der Waals surface area contributed by atoms with Crippen LogP contribution in [0.3, 0.4) is 0 Å². The van der Waals surface area contributed by atoms with Crippen LogP contribution in [0.25, 0.3) is 0 Å². The quantitative estimate of drug-likeness (QED) is 0.900. The summed E-state index contributed by atoms with van der Waals surface area (Å²) in [5.74, 6) is 0.154. The van der Waals surface area contributed by atoms with E-state index in [1.807, 2.05) is 49.5 Å². The molecule has 27 heavy (non-hydrogen) atoms. The number of hydrogen-bond donors (Lipinski definition) is 1. The van der Waals surface area contributed by atoms with Gasteiger partial charge >= 0.3 is 0 Å². The Hall–Kier alpha value is -2.44. The summed E-state index contributed by atoms with van der Waals surface area (Å²) >= 11 is 0. The van der Waals surface area contributed by atoms with Gasteiger partial charge in [-0.2, -0.15) is 0 Å². The molecular formula is C21H25N3O3. The number of nitrogens with one attached hydrogen (secondary N) is 1. The lowest BCUT2D eigenvalue weighted by molar-refractivity contribution is -0.169. The highest BCUT2D eigenvalue weighted by atomic mass is 16.7. The summed E-state index contributed by atoms with van der Waals surface area (Å²) in [7, 11) is 0. The molecule has 2 fully saturated rings. The zero-order chi connectivity index (χ0) is 18.7. The van der Waals surface area contributed by atoms with E-state index in [0.29, 0.717) is 25.5 Å². The molecule has 0 bridgehead atoms. The summed E-state index contributed by atoms with van der Waals surface area (Å²) in [6.45, 7) is 5.15. The van der Waals surface area contributed by atoms with Gasteiger partial charge in [0, 0.05) is 25.9 Å². The normalized spacial score (nSPS) is 18.6. The van der Waals surface area contributed by atoms with Gasteiger partial charge in [0.1, 0.15) is 5.82 Å². The molecule has 2 saturated heterocycles. The minimum absolute atomic E-state index is 0.0556. The average Bonchev–Trinajstić information content (AvgIpc) is 3.13. The van der Waals surface area contributed by atoms with Crippen molar-refractivity contribution in [2.45, 2.75) is 32.0 Å². The van der Waals surface area contributed by atoms with Crippen molar-refractivity contribution in [1.82, 2.24) is 4.98 Å². The fourth-order valence-corrected chi connectivity index (χ4v) is 3.71. The highest BCUT2D eigenvalue weighted by Gasteiger charge is 2.39. The molecule has 2 aromatic rings. The Balaban J connectivity index is 1.32. The van der Waals surface area contributed by atoms with E-state index in [1.54, 1.807) is 0 Å². The van der Waals surface area contributed by atoms with Crippen LogP contribution in [0.4, 0.5) is 11.5 Å². The molecule has 2 aliphatic heterocycles. The molecule has 142 valence electrons. The van der Waals surface area contributed by atoms with Gasteiger partial charge in [-0.15, -0.1) is 0 Å². The van der Waals surface area contributed by atoms with Crippen LogP contribution in [0.15, 0.2) is 42.6 Å². The second-order valence-corrected chi connectivity index (χ2v) is 7.15. The van der Waals surface area contributed by atoms with Crippen molar-refractivity contribution in [2.75, 3.05) is 36.5 Å². The van der Waals surface area contributed by atoms with E-state index in [4.69, 9.17) is 9.47 Å². The molecule has 6 heteroatoms. The average molecular weight is 367 g/mol. The summed E-state index contributed by atoms with van der Waals surface area (Å²) in [4.78, 5) is 19.0. The molecule has 0 unspecified atom stereocenters. The minimum Gasteiger partial charge on any atom is -0.370 e. The lowest BCUT2D eigenvalue weighted by atomic mass is 10.0. The van der Waals surface area contributed by atoms with Crippen LogP contribution in [0.1, 0.15) is 24.0 Å². The highest BCUT2D eigenvalue weighted by molar-refractivity contribution is 5.91.